The highest BCUT2D eigenvalue weighted by Crippen LogP contribution is 2.33. The average Bonchev–Trinajstić information content (AvgIpc) is 2.67. The Morgan fingerprint density at radius 3 is 2.29 bits per heavy atom. The largest absolute Gasteiger partial charge is 0.433 e. The van der Waals surface area contributed by atoms with Crippen molar-refractivity contribution >= 4 is 39.6 Å². The Labute approximate surface area is 180 Å². The minimum Gasteiger partial charge on any atom is -0.340 e. The summed E-state index contributed by atoms with van der Waals surface area (Å²) in [5, 5.41) is 6.24. The van der Waals surface area contributed by atoms with Gasteiger partial charge in [0.05, 0.1) is 11.8 Å². The summed E-state index contributed by atoms with van der Waals surface area (Å²) >= 11 is 3.28. The third kappa shape index (κ3) is 6.41. The van der Waals surface area contributed by atoms with Crippen LogP contribution in [0.5, 0.6) is 0 Å². The van der Waals surface area contributed by atoms with Crippen LogP contribution in [-0.2, 0) is 12.4 Å². The highest BCUT2D eigenvalue weighted by atomic mass is 79.9. The number of hydrazone groups is 1. The highest BCUT2D eigenvalue weighted by molar-refractivity contribution is 9.10. The zero-order valence-corrected chi connectivity index (χ0v) is 16.8. The second-order valence-electron chi connectivity index (χ2n) is 6.09. The summed E-state index contributed by atoms with van der Waals surface area (Å²) in [5.74, 6) is -0.850. The molecule has 31 heavy (non-hydrogen) atoms. The van der Waals surface area contributed by atoms with Crippen LogP contribution in [0.2, 0.25) is 0 Å². The number of nitrogens with zero attached hydrogens (tertiary/aromatic N) is 3. The predicted molar refractivity (Wildman–Crippen MR) is 107 cm³/mol. The Bertz CT molecular complexity index is 1100. The van der Waals surface area contributed by atoms with Gasteiger partial charge >= 0.3 is 12.4 Å². The molecule has 162 valence electrons. The lowest BCUT2D eigenvalue weighted by molar-refractivity contribution is -0.141. The summed E-state index contributed by atoms with van der Waals surface area (Å²) in [6.45, 7) is 0. The highest BCUT2D eigenvalue weighted by Gasteiger charge is 2.34. The van der Waals surface area contributed by atoms with Gasteiger partial charge in [0.25, 0.3) is 0 Å². The molecule has 0 fully saturated rings. The predicted octanol–water partition coefficient (Wildman–Crippen LogP) is 6.47. The van der Waals surface area contributed by atoms with E-state index in [1.54, 1.807) is 24.3 Å². The molecule has 2 aromatic carbocycles. The molecule has 0 atom stereocenters. The van der Waals surface area contributed by atoms with Crippen LogP contribution in [-0.4, -0.2) is 16.2 Å². The van der Waals surface area contributed by atoms with Gasteiger partial charge in [-0.15, -0.1) is 0 Å². The molecule has 0 saturated carbocycles. The van der Waals surface area contributed by atoms with Crippen molar-refractivity contribution < 1.29 is 26.3 Å². The number of nitrogens with one attached hydrogen (secondary N) is 2. The molecule has 2 N–H and O–H groups in total. The molecule has 3 rings (SSSR count). The van der Waals surface area contributed by atoms with Crippen LogP contribution in [0, 0.1) is 0 Å². The maximum absolute atomic E-state index is 13.2. The van der Waals surface area contributed by atoms with E-state index in [9.17, 15) is 26.3 Å². The zero-order valence-electron chi connectivity index (χ0n) is 15.3. The quantitative estimate of drug-likeness (QED) is 0.238. The standard InChI is InChI=1S/C19H12BrF6N5/c20-13-5-1-3-11(7-13)10-27-31-17-29-15(19(24,25)26)9-16(30-17)28-14-6-2-4-12(8-14)18(21,22)23/h1-10H,(H2,28,29,30,31)/b27-10+. The number of hydrogen-bond donors (Lipinski definition) is 2. The van der Waals surface area contributed by atoms with E-state index in [2.05, 4.69) is 41.7 Å². The maximum atomic E-state index is 13.2. The van der Waals surface area contributed by atoms with Crippen molar-refractivity contribution in [3.8, 4) is 0 Å². The van der Waals surface area contributed by atoms with Gasteiger partial charge in [0.15, 0.2) is 5.69 Å². The van der Waals surface area contributed by atoms with E-state index in [0.717, 1.165) is 22.7 Å². The summed E-state index contributed by atoms with van der Waals surface area (Å²) in [5.41, 5.74) is 0.603. The number of hydrogen-bond acceptors (Lipinski definition) is 5. The fraction of sp³-hybridized carbons (Fsp3) is 0.105. The minimum atomic E-state index is -4.81. The third-order valence-corrected chi connectivity index (χ3v) is 4.20. The minimum absolute atomic E-state index is 0.0924. The first kappa shape index (κ1) is 22.5. The Hall–Kier alpha value is -3.15. The van der Waals surface area contributed by atoms with E-state index in [-0.39, 0.29) is 11.5 Å². The molecule has 5 nitrogen and oxygen atoms in total. The number of benzene rings is 2. The fourth-order valence-corrected chi connectivity index (χ4v) is 2.80. The van der Waals surface area contributed by atoms with E-state index in [1.807, 2.05) is 0 Å². The fourth-order valence-electron chi connectivity index (χ4n) is 2.38. The first-order valence-corrected chi connectivity index (χ1v) is 9.25. The van der Waals surface area contributed by atoms with E-state index < -0.39 is 29.6 Å². The van der Waals surface area contributed by atoms with Gasteiger partial charge in [-0.1, -0.05) is 34.1 Å². The molecule has 0 saturated heterocycles. The molecule has 0 radical (unpaired) electrons. The number of aromatic nitrogens is 2. The van der Waals surface area contributed by atoms with Crippen molar-refractivity contribution in [1.82, 2.24) is 9.97 Å². The van der Waals surface area contributed by atoms with E-state index in [4.69, 9.17) is 0 Å². The van der Waals surface area contributed by atoms with Crippen molar-refractivity contribution in [3.63, 3.8) is 0 Å². The van der Waals surface area contributed by atoms with Crippen molar-refractivity contribution in [2.75, 3.05) is 10.7 Å². The molecule has 0 amide bonds. The summed E-state index contributed by atoms with van der Waals surface area (Å²) < 4.78 is 79.0. The van der Waals surface area contributed by atoms with Crippen molar-refractivity contribution in [3.05, 3.63) is 75.9 Å². The molecule has 0 unspecified atom stereocenters. The van der Waals surface area contributed by atoms with Crippen LogP contribution in [0.4, 0.5) is 43.8 Å². The Morgan fingerprint density at radius 1 is 0.871 bits per heavy atom. The van der Waals surface area contributed by atoms with Crippen LogP contribution in [0.3, 0.4) is 0 Å². The Kier molecular flexibility index (Phi) is 6.48. The normalized spacial score (nSPS) is 12.2. The summed E-state index contributed by atoms with van der Waals surface area (Å²) in [6.07, 6.45) is -8.07. The Balaban J connectivity index is 1.87. The number of anilines is 3. The lowest BCUT2D eigenvalue weighted by Crippen LogP contribution is -2.12. The molecule has 12 heteroatoms. The van der Waals surface area contributed by atoms with E-state index >= 15 is 0 Å². The lowest BCUT2D eigenvalue weighted by atomic mass is 10.2. The van der Waals surface area contributed by atoms with Gasteiger partial charge in [-0.2, -0.15) is 36.4 Å². The second kappa shape index (κ2) is 8.92. The van der Waals surface area contributed by atoms with Crippen LogP contribution in [0.15, 0.2) is 64.2 Å². The van der Waals surface area contributed by atoms with Gasteiger partial charge in [-0.25, -0.2) is 10.4 Å². The number of halogens is 7. The lowest BCUT2D eigenvalue weighted by Gasteiger charge is -2.13. The molecule has 3 aromatic rings. The van der Waals surface area contributed by atoms with Gasteiger partial charge in [-0.3, -0.25) is 0 Å². The SMILES string of the molecule is FC(F)(F)c1cccc(Nc2cc(C(F)(F)F)nc(N/N=C/c3cccc(Br)c3)n2)c1. The molecule has 0 aliphatic heterocycles. The van der Waals surface area contributed by atoms with Gasteiger partial charge in [-0.05, 0) is 35.9 Å². The first-order valence-electron chi connectivity index (χ1n) is 8.46. The van der Waals surface area contributed by atoms with Crippen molar-refractivity contribution in [2.45, 2.75) is 12.4 Å². The molecule has 0 aliphatic rings. The van der Waals surface area contributed by atoms with Gasteiger partial charge in [0, 0.05) is 16.2 Å². The second-order valence-corrected chi connectivity index (χ2v) is 7.00. The van der Waals surface area contributed by atoms with E-state index in [0.29, 0.717) is 11.6 Å². The topological polar surface area (TPSA) is 62.2 Å². The molecule has 0 spiro atoms. The van der Waals surface area contributed by atoms with Crippen LogP contribution >= 0.6 is 15.9 Å². The first-order chi connectivity index (χ1) is 14.5. The van der Waals surface area contributed by atoms with Crippen molar-refractivity contribution in [2.24, 2.45) is 5.10 Å². The third-order valence-electron chi connectivity index (χ3n) is 3.71. The molecule has 1 aromatic heterocycles. The van der Waals surface area contributed by atoms with Crippen LogP contribution < -0.4 is 10.7 Å². The molecular weight excluding hydrogens is 492 g/mol. The van der Waals surface area contributed by atoms with Gasteiger partial charge in [0.1, 0.15) is 5.82 Å². The van der Waals surface area contributed by atoms with Gasteiger partial charge < -0.3 is 5.32 Å². The molecule has 1 heterocycles. The van der Waals surface area contributed by atoms with Crippen molar-refractivity contribution in [1.29, 1.82) is 0 Å². The number of alkyl halides is 6. The molecular formula is C19H12BrF6N5. The van der Waals surface area contributed by atoms with Crippen LogP contribution in [0.25, 0.3) is 0 Å². The smallest absolute Gasteiger partial charge is 0.340 e. The summed E-state index contributed by atoms with van der Waals surface area (Å²) in [7, 11) is 0. The average molecular weight is 504 g/mol. The monoisotopic (exact) mass is 503 g/mol. The molecule has 0 aliphatic carbocycles. The van der Waals surface area contributed by atoms with Crippen LogP contribution in [0.1, 0.15) is 16.8 Å². The summed E-state index contributed by atoms with van der Waals surface area (Å²) in [4.78, 5) is 7.21. The summed E-state index contributed by atoms with van der Waals surface area (Å²) in [6, 6.07) is 11.5. The van der Waals surface area contributed by atoms with E-state index in [1.165, 1.54) is 12.3 Å². The van der Waals surface area contributed by atoms with Gasteiger partial charge in [0.2, 0.25) is 5.95 Å². The molecule has 0 bridgehead atoms. The maximum Gasteiger partial charge on any atom is 0.433 e. The Morgan fingerprint density at radius 2 is 1.61 bits per heavy atom. The number of rotatable bonds is 5. The zero-order chi connectivity index (χ0) is 22.6.